The van der Waals surface area contributed by atoms with E-state index in [1.165, 1.54) is 0 Å². The van der Waals surface area contributed by atoms with Gasteiger partial charge < -0.3 is 9.72 Å². The van der Waals surface area contributed by atoms with Gasteiger partial charge in [0.25, 0.3) is 0 Å². The van der Waals surface area contributed by atoms with Crippen LogP contribution in [0.4, 0.5) is 0 Å². The number of ketones is 1. The molecule has 0 saturated heterocycles. The number of nitrogens with one attached hydrogen (secondary N) is 1. The molecule has 1 unspecified atom stereocenters. The SMILES string of the molecule is CC(C)(C)C(=O)C(Oc1ccc(Cl)cc1)n1ccnc1.c1c[nH]cn1. The minimum absolute atomic E-state index is 0.0227. The number of ether oxygens (including phenoxy) is 1. The Labute approximate surface area is 151 Å². The van der Waals surface area contributed by atoms with Crippen LogP contribution in [0.2, 0.25) is 5.02 Å². The molecule has 0 aliphatic carbocycles. The predicted molar refractivity (Wildman–Crippen MR) is 96.4 cm³/mol. The average Bonchev–Trinajstić information content (AvgIpc) is 3.28. The number of Topliss-reactive ketones (excluding diaryl/α,β-unsaturated/α-hetero) is 1. The maximum absolute atomic E-state index is 12.5. The molecule has 2 heterocycles. The van der Waals surface area contributed by atoms with Crippen LogP contribution >= 0.6 is 11.6 Å². The largest absolute Gasteiger partial charge is 0.463 e. The lowest BCUT2D eigenvalue weighted by Gasteiger charge is -2.26. The van der Waals surface area contributed by atoms with E-state index in [0.717, 1.165) is 0 Å². The minimum atomic E-state index is -0.737. The number of rotatable bonds is 4. The fourth-order valence-electron chi connectivity index (χ4n) is 1.89. The van der Waals surface area contributed by atoms with Crippen LogP contribution < -0.4 is 4.74 Å². The number of H-pyrrole nitrogens is 1. The number of nitrogens with zero attached hydrogens (tertiary/aromatic N) is 3. The van der Waals surface area contributed by atoms with Gasteiger partial charge in [0, 0.05) is 35.2 Å². The summed E-state index contributed by atoms with van der Waals surface area (Å²) in [6, 6.07) is 6.93. The number of carbonyl (C=O) groups is 1. The minimum Gasteiger partial charge on any atom is -0.463 e. The summed E-state index contributed by atoms with van der Waals surface area (Å²) in [5.74, 6) is 0.566. The van der Waals surface area contributed by atoms with Crippen molar-refractivity contribution in [3.63, 3.8) is 0 Å². The van der Waals surface area contributed by atoms with E-state index in [1.54, 1.807) is 66.3 Å². The maximum atomic E-state index is 12.5. The van der Waals surface area contributed by atoms with Crippen LogP contribution in [0.3, 0.4) is 0 Å². The smallest absolute Gasteiger partial charge is 0.236 e. The number of imidazole rings is 2. The summed E-state index contributed by atoms with van der Waals surface area (Å²) in [7, 11) is 0. The zero-order valence-corrected chi connectivity index (χ0v) is 15.1. The summed E-state index contributed by atoms with van der Waals surface area (Å²) in [6.07, 6.45) is 9.25. The van der Waals surface area contributed by atoms with E-state index in [0.29, 0.717) is 10.8 Å². The molecule has 3 aromatic rings. The number of benzene rings is 1. The number of halogens is 1. The van der Waals surface area contributed by atoms with Crippen molar-refractivity contribution in [2.75, 3.05) is 0 Å². The summed E-state index contributed by atoms with van der Waals surface area (Å²) >= 11 is 5.85. The first-order valence-corrected chi connectivity index (χ1v) is 8.12. The normalized spacial score (nSPS) is 12.0. The first-order valence-electron chi connectivity index (χ1n) is 7.74. The molecule has 0 bridgehead atoms. The molecule has 0 fully saturated rings. The van der Waals surface area contributed by atoms with Crippen molar-refractivity contribution in [3.05, 3.63) is 66.7 Å². The third-order valence-electron chi connectivity index (χ3n) is 3.23. The summed E-state index contributed by atoms with van der Waals surface area (Å²) in [5, 5.41) is 0.624. The molecule has 2 aromatic heterocycles. The quantitative estimate of drug-likeness (QED) is 0.758. The number of aromatic nitrogens is 4. The zero-order chi connectivity index (χ0) is 18.3. The van der Waals surface area contributed by atoms with E-state index in [1.807, 2.05) is 20.8 Å². The van der Waals surface area contributed by atoms with Crippen LogP contribution in [-0.4, -0.2) is 25.3 Å². The molecule has 6 nitrogen and oxygen atoms in total. The van der Waals surface area contributed by atoms with Crippen molar-refractivity contribution in [1.82, 2.24) is 19.5 Å². The van der Waals surface area contributed by atoms with Gasteiger partial charge in [-0.1, -0.05) is 32.4 Å². The van der Waals surface area contributed by atoms with Crippen LogP contribution in [0.1, 0.15) is 27.0 Å². The highest BCUT2D eigenvalue weighted by molar-refractivity contribution is 6.30. The summed E-state index contributed by atoms with van der Waals surface area (Å²) in [6.45, 7) is 5.60. The van der Waals surface area contributed by atoms with Gasteiger partial charge in [-0.2, -0.15) is 0 Å². The Hall–Kier alpha value is -2.60. The molecular weight excluding hydrogens is 340 g/mol. The Kier molecular flexibility index (Phi) is 6.36. The van der Waals surface area contributed by atoms with Crippen LogP contribution in [0.25, 0.3) is 0 Å². The van der Waals surface area contributed by atoms with Crippen LogP contribution in [0.5, 0.6) is 5.75 Å². The molecule has 1 aromatic carbocycles. The van der Waals surface area contributed by atoms with Gasteiger partial charge in [0.15, 0.2) is 5.78 Å². The fraction of sp³-hybridized carbons (Fsp3) is 0.278. The lowest BCUT2D eigenvalue weighted by molar-refractivity contribution is -0.137. The first-order chi connectivity index (χ1) is 11.9. The van der Waals surface area contributed by atoms with Crippen molar-refractivity contribution < 1.29 is 9.53 Å². The molecule has 1 N–H and O–H groups in total. The van der Waals surface area contributed by atoms with E-state index in [2.05, 4.69) is 15.0 Å². The second kappa shape index (κ2) is 8.48. The third kappa shape index (κ3) is 5.76. The third-order valence-corrected chi connectivity index (χ3v) is 3.48. The molecule has 0 aliphatic rings. The van der Waals surface area contributed by atoms with Crippen molar-refractivity contribution >= 4 is 17.4 Å². The van der Waals surface area contributed by atoms with Gasteiger partial charge in [-0.05, 0) is 24.3 Å². The zero-order valence-electron chi connectivity index (χ0n) is 14.4. The molecule has 0 radical (unpaired) electrons. The molecule has 0 spiro atoms. The van der Waals surface area contributed by atoms with E-state index in [-0.39, 0.29) is 5.78 Å². The van der Waals surface area contributed by atoms with Crippen LogP contribution in [-0.2, 0) is 4.79 Å². The monoisotopic (exact) mass is 360 g/mol. The van der Waals surface area contributed by atoms with Crippen molar-refractivity contribution in [2.45, 2.75) is 27.0 Å². The summed E-state index contributed by atoms with van der Waals surface area (Å²) in [4.78, 5) is 22.9. The van der Waals surface area contributed by atoms with Crippen LogP contribution in [0.15, 0.2) is 61.7 Å². The predicted octanol–water partition coefficient (Wildman–Crippen LogP) is 4.14. The molecule has 7 heteroatoms. The first kappa shape index (κ1) is 18.7. The van der Waals surface area contributed by atoms with Crippen molar-refractivity contribution in [2.24, 2.45) is 5.41 Å². The van der Waals surface area contributed by atoms with Crippen molar-refractivity contribution in [1.29, 1.82) is 0 Å². The number of hydrogen-bond donors (Lipinski definition) is 1. The lowest BCUT2D eigenvalue weighted by atomic mass is 9.89. The molecule has 132 valence electrons. The van der Waals surface area contributed by atoms with Crippen molar-refractivity contribution in [3.8, 4) is 5.75 Å². The van der Waals surface area contributed by atoms with Gasteiger partial charge in [-0.25, -0.2) is 9.97 Å². The maximum Gasteiger partial charge on any atom is 0.236 e. The van der Waals surface area contributed by atoms with E-state index < -0.39 is 11.6 Å². The summed E-state index contributed by atoms with van der Waals surface area (Å²) in [5.41, 5.74) is -0.513. The number of aromatic amines is 1. The second-order valence-electron chi connectivity index (χ2n) is 6.31. The van der Waals surface area contributed by atoms with Gasteiger partial charge in [0.1, 0.15) is 5.75 Å². The highest BCUT2D eigenvalue weighted by Gasteiger charge is 2.32. The Morgan fingerprint density at radius 2 is 1.92 bits per heavy atom. The topological polar surface area (TPSA) is 72.8 Å². The molecule has 1 atom stereocenters. The van der Waals surface area contributed by atoms with E-state index >= 15 is 0 Å². The molecular formula is C18H21ClN4O2. The Morgan fingerprint density at radius 3 is 2.36 bits per heavy atom. The van der Waals surface area contributed by atoms with Gasteiger partial charge in [-0.3, -0.25) is 9.36 Å². The molecule has 3 rings (SSSR count). The molecule has 25 heavy (non-hydrogen) atoms. The van der Waals surface area contributed by atoms with Crippen LogP contribution in [0, 0.1) is 5.41 Å². The van der Waals surface area contributed by atoms with Gasteiger partial charge in [0.2, 0.25) is 6.23 Å². The highest BCUT2D eigenvalue weighted by Crippen LogP contribution is 2.27. The summed E-state index contributed by atoms with van der Waals surface area (Å²) < 4.78 is 7.47. The highest BCUT2D eigenvalue weighted by atomic mass is 35.5. The van der Waals surface area contributed by atoms with Gasteiger partial charge in [-0.15, -0.1) is 0 Å². The van der Waals surface area contributed by atoms with E-state index in [9.17, 15) is 4.79 Å². The Morgan fingerprint density at radius 1 is 1.20 bits per heavy atom. The molecule has 0 aliphatic heterocycles. The Bertz CT molecular complexity index is 730. The molecule has 0 amide bonds. The van der Waals surface area contributed by atoms with Gasteiger partial charge in [0.05, 0.1) is 12.7 Å². The lowest BCUT2D eigenvalue weighted by Crippen LogP contribution is -2.33. The number of carbonyl (C=O) groups excluding carboxylic acids is 1. The molecule has 0 saturated carbocycles. The average molecular weight is 361 g/mol. The van der Waals surface area contributed by atoms with Gasteiger partial charge >= 0.3 is 0 Å². The second-order valence-corrected chi connectivity index (χ2v) is 6.75. The standard InChI is InChI=1S/C15H17ClN2O2.C3H4N2/c1-15(2,3)13(19)14(18-9-8-17-10-18)20-12-6-4-11(16)5-7-12;1-2-5-3-4-1/h4-10,14H,1-3H3;1-3H,(H,4,5). The van der Waals surface area contributed by atoms with E-state index in [4.69, 9.17) is 16.3 Å². The Balaban J connectivity index is 0.000000386. The number of hydrogen-bond acceptors (Lipinski definition) is 4. The fourth-order valence-corrected chi connectivity index (χ4v) is 2.01.